The zero-order valence-electron chi connectivity index (χ0n) is 14.1. The first-order valence-corrected chi connectivity index (χ1v) is 9.28. The fraction of sp³-hybridized carbons (Fsp3) is 0.438. The lowest BCUT2D eigenvalue weighted by Gasteiger charge is -2.16. The standard InChI is InChI=1S/C16H20N2O6S/c1-4-18-15(20)11-6-5-10(8-13(11)25(18,23)24)14(19)17-12(16(21)22)7-9(2)3/h5-6,8-9,12H,4,7H2,1-3H3,(H,17,19)(H,21,22)/t12-/m0/s1. The number of carboxylic acids is 1. The summed E-state index contributed by atoms with van der Waals surface area (Å²) in [4.78, 5) is 35.4. The summed E-state index contributed by atoms with van der Waals surface area (Å²) in [6.07, 6.45) is 0.242. The van der Waals surface area contributed by atoms with Gasteiger partial charge in [-0.05, 0) is 37.5 Å². The molecule has 1 aromatic rings. The van der Waals surface area contributed by atoms with Crippen molar-refractivity contribution in [3.8, 4) is 0 Å². The van der Waals surface area contributed by atoms with Crippen molar-refractivity contribution in [1.29, 1.82) is 0 Å². The van der Waals surface area contributed by atoms with Gasteiger partial charge in [-0.3, -0.25) is 9.59 Å². The van der Waals surface area contributed by atoms with Crippen LogP contribution in [0, 0.1) is 5.92 Å². The lowest BCUT2D eigenvalue weighted by molar-refractivity contribution is -0.139. The second kappa shape index (κ2) is 6.83. The van der Waals surface area contributed by atoms with Crippen LogP contribution in [0.25, 0.3) is 0 Å². The van der Waals surface area contributed by atoms with Crippen molar-refractivity contribution < 1.29 is 27.9 Å². The fourth-order valence-corrected chi connectivity index (χ4v) is 4.27. The molecule has 0 radical (unpaired) electrons. The Morgan fingerprint density at radius 2 is 1.92 bits per heavy atom. The Bertz CT molecular complexity index is 831. The van der Waals surface area contributed by atoms with E-state index in [1.807, 2.05) is 13.8 Å². The second-order valence-corrected chi connectivity index (χ2v) is 8.01. The van der Waals surface area contributed by atoms with Gasteiger partial charge in [-0.15, -0.1) is 0 Å². The molecule has 25 heavy (non-hydrogen) atoms. The maximum Gasteiger partial charge on any atom is 0.326 e. The number of carboxylic acid groups (broad SMARTS) is 1. The number of amides is 2. The lowest BCUT2D eigenvalue weighted by atomic mass is 10.0. The van der Waals surface area contributed by atoms with Crippen LogP contribution < -0.4 is 5.32 Å². The van der Waals surface area contributed by atoms with Gasteiger partial charge in [0.15, 0.2) is 0 Å². The first kappa shape index (κ1) is 18.9. The van der Waals surface area contributed by atoms with E-state index in [-0.39, 0.29) is 34.9 Å². The summed E-state index contributed by atoms with van der Waals surface area (Å²) in [5.41, 5.74) is -0.00144. The van der Waals surface area contributed by atoms with Crippen molar-refractivity contribution in [2.45, 2.75) is 38.1 Å². The molecule has 0 unspecified atom stereocenters. The van der Waals surface area contributed by atoms with E-state index in [4.69, 9.17) is 0 Å². The van der Waals surface area contributed by atoms with Crippen LogP contribution in [-0.2, 0) is 14.8 Å². The number of carbonyl (C=O) groups excluding carboxylic acids is 2. The van der Waals surface area contributed by atoms with E-state index in [1.165, 1.54) is 12.1 Å². The summed E-state index contributed by atoms with van der Waals surface area (Å²) < 4.78 is 25.4. The van der Waals surface area contributed by atoms with E-state index in [1.54, 1.807) is 6.92 Å². The normalized spacial score (nSPS) is 16.6. The van der Waals surface area contributed by atoms with Gasteiger partial charge >= 0.3 is 5.97 Å². The first-order chi connectivity index (χ1) is 11.6. The first-order valence-electron chi connectivity index (χ1n) is 7.84. The van der Waals surface area contributed by atoms with E-state index >= 15 is 0 Å². The molecule has 9 heteroatoms. The Morgan fingerprint density at radius 3 is 2.44 bits per heavy atom. The van der Waals surface area contributed by atoms with Crippen LogP contribution in [0.4, 0.5) is 0 Å². The highest BCUT2D eigenvalue weighted by Gasteiger charge is 2.40. The molecule has 0 aromatic heterocycles. The number of aliphatic carboxylic acids is 1. The zero-order chi connectivity index (χ0) is 18.9. The number of sulfonamides is 1. The summed E-state index contributed by atoms with van der Waals surface area (Å²) in [7, 11) is -3.98. The molecule has 2 rings (SSSR count). The smallest absolute Gasteiger partial charge is 0.326 e. The van der Waals surface area contributed by atoms with Crippen molar-refractivity contribution in [2.75, 3.05) is 6.54 Å². The van der Waals surface area contributed by atoms with E-state index < -0.39 is 33.8 Å². The Hall–Kier alpha value is -2.42. The number of fused-ring (bicyclic) bond motifs is 1. The monoisotopic (exact) mass is 368 g/mol. The molecule has 1 atom stereocenters. The predicted octanol–water partition coefficient (Wildman–Crippen LogP) is 1.08. The number of benzene rings is 1. The molecule has 0 aliphatic carbocycles. The van der Waals surface area contributed by atoms with Gasteiger partial charge in [0.2, 0.25) is 0 Å². The Balaban J connectivity index is 2.33. The molecule has 0 saturated heterocycles. The summed E-state index contributed by atoms with van der Waals surface area (Å²) in [5.74, 6) is -2.44. The largest absolute Gasteiger partial charge is 0.480 e. The molecule has 136 valence electrons. The van der Waals surface area contributed by atoms with Crippen LogP contribution >= 0.6 is 0 Å². The number of rotatable bonds is 6. The maximum atomic E-state index is 12.4. The summed E-state index contributed by atoms with van der Waals surface area (Å²) in [6.45, 7) is 5.19. The Kier molecular flexibility index (Phi) is 5.17. The molecule has 8 nitrogen and oxygen atoms in total. The van der Waals surface area contributed by atoms with Gasteiger partial charge in [-0.25, -0.2) is 17.5 Å². The van der Waals surface area contributed by atoms with E-state index in [0.717, 1.165) is 10.4 Å². The summed E-state index contributed by atoms with van der Waals surface area (Å²) >= 11 is 0. The Labute approximate surface area is 145 Å². The second-order valence-electron chi connectivity index (χ2n) is 6.18. The third-order valence-electron chi connectivity index (χ3n) is 3.87. The van der Waals surface area contributed by atoms with Gasteiger partial charge in [-0.2, -0.15) is 0 Å². The van der Waals surface area contributed by atoms with Gasteiger partial charge in [0, 0.05) is 12.1 Å². The van der Waals surface area contributed by atoms with Crippen LogP contribution in [0.5, 0.6) is 0 Å². The minimum atomic E-state index is -3.98. The van der Waals surface area contributed by atoms with Gasteiger partial charge in [0.1, 0.15) is 10.9 Å². The quantitative estimate of drug-likeness (QED) is 0.775. The van der Waals surface area contributed by atoms with Crippen LogP contribution in [0.15, 0.2) is 23.1 Å². The maximum absolute atomic E-state index is 12.4. The minimum absolute atomic E-state index is 0.00709. The van der Waals surface area contributed by atoms with Crippen LogP contribution in [0.3, 0.4) is 0 Å². The summed E-state index contributed by atoms with van der Waals surface area (Å²) in [6, 6.07) is 2.63. The topological polar surface area (TPSA) is 121 Å². The number of carbonyl (C=O) groups is 3. The van der Waals surface area contributed by atoms with Gasteiger partial charge in [0.05, 0.1) is 5.56 Å². The molecule has 0 bridgehead atoms. The van der Waals surface area contributed by atoms with Gasteiger partial charge in [0.25, 0.3) is 21.8 Å². The predicted molar refractivity (Wildman–Crippen MR) is 88.7 cm³/mol. The molecule has 1 heterocycles. The third-order valence-corrected chi connectivity index (χ3v) is 5.76. The van der Waals surface area contributed by atoms with Crippen LogP contribution in [0.2, 0.25) is 0 Å². The van der Waals surface area contributed by atoms with E-state index in [2.05, 4.69) is 5.32 Å². The van der Waals surface area contributed by atoms with Crippen molar-refractivity contribution in [3.05, 3.63) is 29.3 Å². The zero-order valence-corrected chi connectivity index (χ0v) is 15.0. The van der Waals surface area contributed by atoms with Gasteiger partial charge < -0.3 is 10.4 Å². The highest BCUT2D eigenvalue weighted by Crippen LogP contribution is 2.30. The third kappa shape index (κ3) is 3.51. The molecule has 1 aromatic carbocycles. The molecular weight excluding hydrogens is 348 g/mol. The summed E-state index contributed by atoms with van der Waals surface area (Å²) in [5, 5.41) is 11.6. The van der Waals surface area contributed by atoms with Crippen LogP contribution in [-0.4, -0.2) is 48.2 Å². The van der Waals surface area contributed by atoms with Crippen molar-refractivity contribution in [3.63, 3.8) is 0 Å². The average molecular weight is 368 g/mol. The van der Waals surface area contributed by atoms with Crippen molar-refractivity contribution >= 4 is 27.8 Å². The molecule has 0 spiro atoms. The van der Waals surface area contributed by atoms with Crippen LogP contribution in [0.1, 0.15) is 47.9 Å². The molecular formula is C16H20N2O6S. The molecule has 0 fully saturated rings. The molecule has 1 aliphatic heterocycles. The highest BCUT2D eigenvalue weighted by molar-refractivity contribution is 7.90. The average Bonchev–Trinajstić information content (AvgIpc) is 2.71. The molecule has 0 saturated carbocycles. The Morgan fingerprint density at radius 1 is 1.28 bits per heavy atom. The van der Waals surface area contributed by atoms with Gasteiger partial charge in [-0.1, -0.05) is 13.8 Å². The molecule has 2 amide bonds. The minimum Gasteiger partial charge on any atom is -0.480 e. The number of hydrogen-bond donors (Lipinski definition) is 2. The molecule has 2 N–H and O–H groups in total. The SMILES string of the molecule is CCN1C(=O)c2ccc(C(=O)N[C@@H](CC(C)C)C(=O)O)cc2S1(=O)=O. The highest BCUT2D eigenvalue weighted by atomic mass is 32.2. The van der Waals surface area contributed by atoms with E-state index in [0.29, 0.717) is 0 Å². The molecule has 1 aliphatic rings. The number of nitrogens with zero attached hydrogens (tertiary/aromatic N) is 1. The lowest BCUT2D eigenvalue weighted by Crippen LogP contribution is -2.41. The number of nitrogens with one attached hydrogen (secondary N) is 1. The van der Waals surface area contributed by atoms with Crippen molar-refractivity contribution in [1.82, 2.24) is 9.62 Å². The number of hydrogen-bond acceptors (Lipinski definition) is 5. The van der Waals surface area contributed by atoms with E-state index in [9.17, 15) is 27.9 Å². The fourth-order valence-electron chi connectivity index (χ4n) is 2.66. The van der Waals surface area contributed by atoms with Crippen molar-refractivity contribution in [2.24, 2.45) is 5.92 Å².